The van der Waals surface area contributed by atoms with Gasteiger partial charge in [-0.2, -0.15) is 0 Å². The lowest BCUT2D eigenvalue weighted by Crippen LogP contribution is -2.61. The van der Waals surface area contributed by atoms with E-state index in [0.29, 0.717) is 12.5 Å². The summed E-state index contributed by atoms with van der Waals surface area (Å²) >= 11 is 0. The Morgan fingerprint density at radius 3 is 2.47 bits per heavy atom. The summed E-state index contributed by atoms with van der Waals surface area (Å²) in [5.74, 6) is 1.25. The van der Waals surface area contributed by atoms with Crippen LogP contribution in [0.25, 0.3) is 0 Å². The molecule has 110 valence electrons. The number of rotatable bonds is 9. The van der Waals surface area contributed by atoms with E-state index in [1.54, 1.807) is 0 Å². The summed E-state index contributed by atoms with van der Waals surface area (Å²) in [6.07, 6.45) is 4.98. The van der Waals surface area contributed by atoms with E-state index in [4.69, 9.17) is 4.74 Å². The quantitative estimate of drug-likeness (QED) is 0.646. The summed E-state index contributed by atoms with van der Waals surface area (Å²) in [4.78, 5) is 14.8. The van der Waals surface area contributed by atoms with Crippen molar-refractivity contribution in [3.05, 3.63) is 0 Å². The van der Waals surface area contributed by atoms with E-state index in [-0.39, 0.29) is 5.97 Å². The number of carbonyl (C=O) groups is 1. The number of esters is 1. The van der Waals surface area contributed by atoms with Crippen molar-refractivity contribution in [1.82, 2.24) is 10.2 Å². The molecule has 19 heavy (non-hydrogen) atoms. The third kappa shape index (κ3) is 3.69. The normalized spacial score (nSPS) is 22.3. The molecule has 2 aliphatic carbocycles. The lowest BCUT2D eigenvalue weighted by molar-refractivity contribution is -0.153. The molecule has 1 unspecified atom stereocenters. The average Bonchev–Trinajstić information content (AvgIpc) is 3.22. The Morgan fingerprint density at radius 1 is 1.32 bits per heavy atom. The fourth-order valence-electron chi connectivity index (χ4n) is 3.02. The highest BCUT2D eigenvalue weighted by Crippen LogP contribution is 2.41. The van der Waals surface area contributed by atoms with Crippen LogP contribution in [0.3, 0.4) is 0 Å². The van der Waals surface area contributed by atoms with Crippen molar-refractivity contribution in [1.29, 1.82) is 0 Å². The molecule has 0 saturated heterocycles. The van der Waals surface area contributed by atoms with Gasteiger partial charge < -0.3 is 15.0 Å². The zero-order valence-corrected chi connectivity index (χ0v) is 12.6. The maximum Gasteiger partial charge on any atom is 0.327 e. The molecule has 4 nitrogen and oxygen atoms in total. The maximum absolute atomic E-state index is 12.5. The maximum atomic E-state index is 12.5. The van der Waals surface area contributed by atoms with Gasteiger partial charge in [-0.25, -0.2) is 4.79 Å². The van der Waals surface area contributed by atoms with E-state index in [1.807, 2.05) is 6.92 Å². The minimum Gasteiger partial charge on any atom is -0.465 e. The summed E-state index contributed by atoms with van der Waals surface area (Å²) in [5.41, 5.74) is -0.478. The van der Waals surface area contributed by atoms with Crippen molar-refractivity contribution in [2.75, 3.05) is 33.3 Å². The third-order valence-electron chi connectivity index (χ3n) is 4.19. The monoisotopic (exact) mass is 268 g/mol. The van der Waals surface area contributed by atoms with Crippen LogP contribution in [0.4, 0.5) is 0 Å². The van der Waals surface area contributed by atoms with Crippen LogP contribution in [0.2, 0.25) is 0 Å². The van der Waals surface area contributed by atoms with E-state index in [9.17, 15) is 4.79 Å². The highest BCUT2D eigenvalue weighted by Gasteiger charge is 2.52. The Morgan fingerprint density at radius 2 is 2.00 bits per heavy atom. The van der Waals surface area contributed by atoms with Crippen LogP contribution >= 0.6 is 0 Å². The van der Waals surface area contributed by atoms with Gasteiger partial charge in [0.2, 0.25) is 0 Å². The SMILES string of the molecule is CCNC(CN(C)CC1CC1)(C(=O)OCC)C1CC1. The van der Waals surface area contributed by atoms with Crippen molar-refractivity contribution in [2.45, 2.75) is 45.1 Å². The summed E-state index contributed by atoms with van der Waals surface area (Å²) in [6.45, 7) is 7.12. The first-order valence-corrected chi connectivity index (χ1v) is 7.73. The topological polar surface area (TPSA) is 41.6 Å². The fraction of sp³-hybridized carbons (Fsp3) is 0.933. The summed E-state index contributed by atoms with van der Waals surface area (Å²) < 4.78 is 5.35. The fourth-order valence-corrected chi connectivity index (χ4v) is 3.02. The number of hydrogen-bond acceptors (Lipinski definition) is 4. The second kappa shape index (κ2) is 6.23. The molecule has 0 spiro atoms. The van der Waals surface area contributed by atoms with Crippen molar-refractivity contribution >= 4 is 5.97 Å². The number of nitrogens with zero attached hydrogens (tertiary/aromatic N) is 1. The molecule has 2 fully saturated rings. The Bertz CT molecular complexity index is 313. The first kappa shape index (κ1) is 14.8. The number of ether oxygens (including phenoxy) is 1. The van der Waals surface area contributed by atoms with Gasteiger partial charge in [0.25, 0.3) is 0 Å². The molecule has 4 heteroatoms. The Kier molecular flexibility index (Phi) is 4.85. The first-order chi connectivity index (χ1) is 9.12. The number of carbonyl (C=O) groups excluding carboxylic acids is 1. The second-order valence-corrected chi connectivity index (χ2v) is 6.14. The van der Waals surface area contributed by atoms with Crippen molar-refractivity contribution in [3.63, 3.8) is 0 Å². The van der Waals surface area contributed by atoms with Gasteiger partial charge in [-0.15, -0.1) is 0 Å². The number of hydrogen-bond donors (Lipinski definition) is 1. The predicted octanol–water partition coefficient (Wildman–Crippen LogP) is 1.65. The van der Waals surface area contributed by atoms with E-state index in [1.165, 1.54) is 12.8 Å². The molecule has 0 heterocycles. The molecule has 0 aromatic rings. The molecule has 0 amide bonds. The van der Waals surface area contributed by atoms with E-state index >= 15 is 0 Å². The highest BCUT2D eigenvalue weighted by atomic mass is 16.5. The van der Waals surface area contributed by atoms with Gasteiger partial charge in [-0.1, -0.05) is 6.92 Å². The zero-order chi connectivity index (χ0) is 13.9. The number of nitrogens with one attached hydrogen (secondary N) is 1. The van der Waals surface area contributed by atoms with Crippen LogP contribution in [-0.2, 0) is 9.53 Å². The molecule has 2 saturated carbocycles. The first-order valence-electron chi connectivity index (χ1n) is 7.73. The molecule has 0 aliphatic heterocycles. The minimum atomic E-state index is -0.478. The van der Waals surface area contributed by atoms with Crippen LogP contribution in [0.15, 0.2) is 0 Å². The van der Waals surface area contributed by atoms with Gasteiger partial charge >= 0.3 is 5.97 Å². The molecule has 0 aromatic carbocycles. The summed E-state index contributed by atoms with van der Waals surface area (Å²) in [7, 11) is 2.13. The van der Waals surface area contributed by atoms with Gasteiger partial charge in [-0.05, 0) is 58.0 Å². The van der Waals surface area contributed by atoms with Crippen molar-refractivity contribution in [3.8, 4) is 0 Å². The van der Waals surface area contributed by atoms with Gasteiger partial charge in [0.05, 0.1) is 6.61 Å². The summed E-state index contributed by atoms with van der Waals surface area (Å²) in [5, 5.41) is 3.45. The van der Waals surface area contributed by atoms with Gasteiger partial charge in [0, 0.05) is 13.1 Å². The second-order valence-electron chi connectivity index (χ2n) is 6.14. The molecule has 0 bridgehead atoms. The third-order valence-corrected chi connectivity index (χ3v) is 4.19. The van der Waals surface area contributed by atoms with Crippen LogP contribution < -0.4 is 5.32 Å². The average molecular weight is 268 g/mol. The van der Waals surface area contributed by atoms with Crippen molar-refractivity contribution in [2.24, 2.45) is 11.8 Å². The number of likely N-dealkylation sites (N-methyl/N-ethyl adjacent to an activating group) is 2. The molecule has 0 radical (unpaired) electrons. The molecular formula is C15H28N2O2. The Balaban J connectivity index is 2.03. The minimum absolute atomic E-state index is 0.0537. The zero-order valence-electron chi connectivity index (χ0n) is 12.6. The molecular weight excluding hydrogens is 240 g/mol. The van der Waals surface area contributed by atoms with E-state index in [0.717, 1.165) is 38.4 Å². The lowest BCUT2D eigenvalue weighted by atomic mass is 9.92. The van der Waals surface area contributed by atoms with Crippen LogP contribution in [-0.4, -0.2) is 49.7 Å². The largest absolute Gasteiger partial charge is 0.465 e. The Labute approximate surface area is 116 Å². The standard InChI is InChI=1S/C15H28N2O2/c1-4-16-15(13-8-9-13,14(18)19-5-2)11-17(3)10-12-6-7-12/h12-13,16H,4-11H2,1-3H3. The van der Waals surface area contributed by atoms with Gasteiger partial charge in [0.1, 0.15) is 5.54 Å². The van der Waals surface area contributed by atoms with E-state index in [2.05, 4.69) is 24.2 Å². The predicted molar refractivity (Wildman–Crippen MR) is 76.0 cm³/mol. The van der Waals surface area contributed by atoms with Crippen LogP contribution in [0, 0.1) is 11.8 Å². The van der Waals surface area contributed by atoms with Crippen LogP contribution in [0.5, 0.6) is 0 Å². The molecule has 2 rings (SSSR count). The van der Waals surface area contributed by atoms with Crippen molar-refractivity contribution < 1.29 is 9.53 Å². The summed E-state index contributed by atoms with van der Waals surface area (Å²) in [6, 6.07) is 0. The molecule has 0 aromatic heterocycles. The molecule has 1 N–H and O–H groups in total. The smallest absolute Gasteiger partial charge is 0.327 e. The Hall–Kier alpha value is -0.610. The molecule has 1 atom stereocenters. The van der Waals surface area contributed by atoms with Gasteiger partial charge in [0.15, 0.2) is 0 Å². The van der Waals surface area contributed by atoms with E-state index < -0.39 is 5.54 Å². The highest BCUT2D eigenvalue weighted by molar-refractivity contribution is 5.82. The molecule has 2 aliphatic rings. The van der Waals surface area contributed by atoms with Gasteiger partial charge in [-0.3, -0.25) is 0 Å². The lowest BCUT2D eigenvalue weighted by Gasteiger charge is -2.36. The van der Waals surface area contributed by atoms with Crippen LogP contribution in [0.1, 0.15) is 39.5 Å².